The summed E-state index contributed by atoms with van der Waals surface area (Å²) in [6, 6.07) is 13.7. The van der Waals surface area contributed by atoms with Crippen molar-refractivity contribution in [1.29, 1.82) is 0 Å². The van der Waals surface area contributed by atoms with Gasteiger partial charge in [0.05, 0.1) is 30.5 Å². The van der Waals surface area contributed by atoms with Crippen LogP contribution in [0, 0.1) is 0 Å². The third-order valence-electron chi connectivity index (χ3n) is 4.87. The minimum Gasteiger partial charge on any atom is -0.491 e. The number of esters is 1. The van der Waals surface area contributed by atoms with E-state index in [0.29, 0.717) is 30.4 Å². The number of hydrogen-bond acceptors (Lipinski definition) is 4. The van der Waals surface area contributed by atoms with Gasteiger partial charge >= 0.3 is 5.97 Å². The molecular formula is C22H22N2O3. The molecule has 1 aromatic heterocycles. The first-order valence-electron chi connectivity index (χ1n) is 9.10. The molecule has 27 heavy (non-hydrogen) atoms. The van der Waals surface area contributed by atoms with Crippen LogP contribution in [0.25, 0.3) is 22.6 Å². The molecule has 1 aliphatic rings. The normalized spacial score (nSPS) is 12.7. The molecule has 0 saturated carbocycles. The summed E-state index contributed by atoms with van der Waals surface area (Å²) < 4.78 is 12.8. The summed E-state index contributed by atoms with van der Waals surface area (Å²) in [4.78, 5) is 16.7. The zero-order valence-corrected chi connectivity index (χ0v) is 15.7. The van der Waals surface area contributed by atoms with Gasteiger partial charge in [-0.2, -0.15) is 0 Å². The maximum Gasteiger partial charge on any atom is 0.337 e. The molecule has 0 atom stereocenters. The van der Waals surface area contributed by atoms with Crippen molar-refractivity contribution < 1.29 is 14.3 Å². The van der Waals surface area contributed by atoms with Crippen molar-refractivity contribution in [3.63, 3.8) is 0 Å². The molecule has 0 amide bonds. The van der Waals surface area contributed by atoms with Crippen LogP contribution in [0.4, 0.5) is 0 Å². The minimum atomic E-state index is -0.375. The molecule has 3 aromatic rings. The highest BCUT2D eigenvalue weighted by Gasteiger charge is 2.21. The molecule has 1 aliphatic heterocycles. The van der Waals surface area contributed by atoms with E-state index in [0.717, 1.165) is 22.6 Å². The quantitative estimate of drug-likeness (QED) is 0.643. The second-order valence-electron chi connectivity index (χ2n) is 6.94. The second-order valence-corrected chi connectivity index (χ2v) is 6.94. The molecule has 0 aliphatic carbocycles. The molecule has 0 bridgehead atoms. The van der Waals surface area contributed by atoms with E-state index in [4.69, 9.17) is 14.5 Å². The van der Waals surface area contributed by atoms with Gasteiger partial charge in [-0.3, -0.25) is 0 Å². The van der Waals surface area contributed by atoms with Gasteiger partial charge in [0.25, 0.3) is 0 Å². The average molecular weight is 362 g/mol. The maximum atomic E-state index is 11.8. The Morgan fingerprint density at radius 1 is 1.19 bits per heavy atom. The first kappa shape index (κ1) is 17.3. The lowest BCUT2D eigenvalue weighted by Gasteiger charge is -2.11. The molecule has 138 valence electrons. The summed E-state index contributed by atoms with van der Waals surface area (Å²) in [5.74, 6) is 1.56. The van der Waals surface area contributed by atoms with Gasteiger partial charge in [0.1, 0.15) is 18.2 Å². The fourth-order valence-electron chi connectivity index (χ4n) is 3.49. The molecule has 0 unspecified atom stereocenters. The molecule has 0 radical (unpaired) electrons. The van der Waals surface area contributed by atoms with Gasteiger partial charge in [-0.15, -0.1) is 0 Å². The van der Waals surface area contributed by atoms with Crippen molar-refractivity contribution in [2.24, 2.45) is 0 Å². The Morgan fingerprint density at radius 2 is 2.00 bits per heavy atom. The number of methoxy groups -OCH3 is 1. The van der Waals surface area contributed by atoms with E-state index in [1.54, 1.807) is 12.1 Å². The SMILES string of the molecule is COC(=O)c1ccc2c(c1)OCCn1cc(-c3ccccc3C(C)C)nc1-2. The number of ether oxygens (including phenoxy) is 2. The number of benzene rings is 2. The van der Waals surface area contributed by atoms with Gasteiger partial charge in [0, 0.05) is 11.8 Å². The fraction of sp³-hybridized carbons (Fsp3) is 0.273. The molecule has 4 rings (SSSR count). The summed E-state index contributed by atoms with van der Waals surface area (Å²) >= 11 is 0. The van der Waals surface area contributed by atoms with Crippen molar-refractivity contribution >= 4 is 5.97 Å². The van der Waals surface area contributed by atoms with E-state index >= 15 is 0 Å². The number of carbonyl (C=O) groups excluding carboxylic acids is 1. The lowest BCUT2D eigenvalue weighted by molar-refractivity contribution is 0.0600. The van der Waals surface area contributed by atoms with E-state index < -0.39 is 0 Å². The van der Waals surface area contributed by atoms with Crippen LogP contribution in [0.3, 0.4) is 0 Å². The number of imidazole rings is 1. The van der Waals surface area contributed by atoms with E-state index in [2.05, 4.69) is 42.8 Å². The maximum absolute atomic E-state index is 11.8. The highest BCUT2D eigenvalue weighted by molar-refractivity contribution is 5.91. The third kappa shape index (κ3) is 3.10. The van der Waals surface area contributed by atoms with Crippen LogP contribution in [-0.4, -0.2) is 29.2 Å². The van der Waals surface area contributed by atoms with Crippen LogP contribution in [0.15, 0.2) is 48.7 Å². The summed E-state index contributed by atoms with van der Waals surface area (Å²) in [6.07, 6.45) is 2.09. The summed E-state index contributed by atoms with van der Waals surface area (Å²) in [6.45, 7) is 5.61. The largest absolute Gasteiger partial charge is 0.491 e. The molecule has 2 heterocycles. The predicted octanol–water partition coefficient (Wildman–Crippen LogP) is 4.52. The van der Waals surface area contributed by atoms with Crippen molar-refractivity contribution in [2.75, 3.05) is 13.7 Å². The Hall–Kier alpha value is -3.08. The first-order valence-corrected chi connectivity index (χ1v) is 9.10. The van der Waals surface area contributed by atoms with E-state index in [-0.39, 0.29) is 5.97 Å². The lowest BCUT2D eigenvalue weighted by Crippen LogP contribution is -2.05. The van der Waals surface area contributed by atoms with Crippen LogP contribution in [-0.2, 0) is 11.3 Å². The summed E-state index contributed by atoms with van der Waals surface area (Å²) in [7, 11) is 1.38. The van der Waals surface area contributed by atoms with Gasteiger partial charge in [-0.05, 0) is 29.7 Å². The van der Waals surface area contributed by atoms with E-state index in [1.165, 1.54) is 12.7 Å². The number of nitrogens with zero attached hydrogens (tertiary/aromatic N) is 2. The number of hydrogen-bond donors (Lipinski definition) is 0. The van der Waals surface area contributed by atoms with E-state index in [9.17, 15) is 4.79 Å². The van der Waals surface area contributed by atoms with Gasteiger partial charge in [-0.1, -0.05) is 38.1 Å². The number of carbonyl (C=O) groups is 1. The van der Waals surface area contributed by atoms with Crippen molar-refractivity contribution in [3.8, 4) is 28.4 Å². The predicted molar refractivity (Wildman–Crippen MR) is 104 cm³/mol. The van der Waals surface area contributed by atoms with E-state index in [1.807, 2.05) is 12.1 Å². The topological polar surface area (TPSA) is 53.4 Å². The zero-order valence-electron chi connectivity index (χ0n) is 15.7. The molecule has 2 aromatic carbocycles. The Labute approximate surface area is 158 Å². The fourth-order valence-corrected chi connectivity index (χ4v) is 3.49. The van der Waals surface area contributed by atoms with Crippen LogP contribution in [0.5, 0.6) is 5.75 Å². The molecule has 0 spiro atoms. The number of fused-ring (bicyclic) bond motifs is 3. The molecule has 0 N–H and O–H groups in total. The standard InChI is InChI=1S/C22H22N2O3/c1-14(2)16-6-4-5-7-17(16)19-13-24-10-11-27-20-12-15(22(25)26-3)8-9-18(20)21(24)23-19/h4-9,12-14H,10-11H2,1-3H3. The van der Waals surface area contributed by atoms with Gasteiger partial charge < -0.3 is 14.0 Å². The second kappa shape index (κ2) is 6.91. The number of aromatic nitrogens is 2. The van der Waals surface area contributed by atoms with Gasteiger partial charge in [0.15, 0.2) is 0 Å². The summed E-state index contributed by atoms with van der Waals surface area (Å²) in [5, 5.41) is 0. The molecule has 0 saturated heterocycles. The Morgan fingerprint density at radius 3 is 2.78 bits per heavy atom. The lowest BCUT2D eigenvalue weighted by atomic mass is 9.96. The van der Waals surface area contributed by atoms with Crippen molar-refractivity contribution in [2.45, 2.75) is 26.3 Å². The van der Waals surface area contributed by atoms with Crippen molar-refractivity contribution in [1.82, 2.24) is 9.55 Å². The average Bonchev–Trinajstić information content (AvgIpc) is 3.03. The smallest absolute Gasteiger partial charge is 0.337 e. The number of rotatable bonds is 3. The zero-order chi connectivity index (χ0) is 19.0. The molecule has 5 nitrogen and oxygen atoms in total. The van der Waals surface area contributed by atoms with Gasteiger partial charge in [-0.25, -0.2) is 9.78 Å². The third-order valence-corrected chi connectivity index (χ3v) is 4.87. The highest BCUT2D eigenvalue weighted by atomic mass is 16.5. The Balaban J connectivity index is 1.82. The molecular weight excluding hydrogens is 340 g/mol. The van der Waals surface area contributed by atoms with Gasteiger partial charge in [0.2, 0.25) is 0 Å². The minimum absolute atomic E-state index is 0.375. The van der Waals surface area contributed by atoms with Crippen LogP contribution < -0.4 is 4.74 Å². The molecule has 0 fully saturated rings. The highest BCUT2D eigenvalue weighted by Crippen LogP contribution is 2.36. The summed E-state index contributed by atoms with van der Waals surface area (Å²) in [5.41, 5.74) is 4.75. The van der Waals surface area contributed by atoms with Crippen LogP contribution in [0.2, 0.25) is 0 Å². The van der Waals surface area contributed by atoms with Crippen molar-refractivity contribution in [3.05, 3.63) is 59.8 Å². The Bertz CT molecular complexity index is 1000. The first-order chi connectivity index (χ1) is 13.1. The van der Waals surface area contributed by atoms with Crippen LogP contribution in [0.1, 0.15) is 35.7 Å². The Kier molecular flexibility index (Phi) is 4.44. The van der Waals surface area contributed by atoms with Crippen LogP contribution >= 0.6 is 0 Å². The molecule has 5 heteroatoms. The monoisotopic (exact) mass is 362 g/mol.